The van der Waals surface area contributed by atoms with Gasteiger partial charge in [-0.1, -0.05) is 170 Å². The summed E-state index contributed by atoms with van der Waals surface area (Å²) in [4.78, 5) is 16.5. The van der Waals surface area contributed by atoms with Crippen molar-refractivity contribution in [3.63, 3.8) is 0 Å². The van der Waals surface area contributed by atoms with E-state index >= 15 is 0 Å². The topological polar surface area (TPSA) is 142 Å². The maximum atomic E-state index is 14.3. The molecule has 2 aliphatic rings. The van der Waals surface area contributed by atoms with Gasteiger partial charge in [0.15, 0.2) is 0 Å². The molecule has 10 heteroatoms. The summed E-state index contributed by atoms with van der Waals surface area (Å²) in [5.41, 5.74) is 7.92. The molecule has 1 aliphatic carbocycles. The van der Waals surface area contributed by atoms with Gasteiger partial charge in [-0.25, -0.2) is 18.6 Å². The van der Waals surface area contributed by atoms with E-state index in [0.29, 0.717) is 13.0 Å². The van der Waals surface area contributed by atoms with Gasteiger partial charge in [0, 0.05) is 13.0 Å². The number of hydrogen-bond acceptors (Lipinski definition) is 8. The molecule has 1 aliphatic heterocycles. The molecule has 1 fully saturated rings. The molecule has 1 heterocycles. The summed E-state index contributed by atoms with van der Waals surface area (Å²) in [6.07, 6.45) is -0.371. The van der Waals surface area contributed by atoms with Gasteiger partial charge in [-0.2, -0.15) is 0 Å². The van der Waals surface area contributed by atoms with Crippen LogP contribution in [0.25, 0.3) is 22.3 Å². The fraction of sp³-hybridized carbons (Fsp3) is 0.109. The third-order valence-corrected chi connectivity index (χ3v) is 16.7. The molecule has 0 saturated carbocycles. The molecule has 0 radical (unpaired) electrons. The number of carbonyl (C=O) groups excluding carboxylic acids is 1. The Morgan fingerprint density at radius 2 is 0.938 bits per heavy atom. The lowest BCUT2D eigenvalue weighted by atomic mass is 9.78. The minimum Gasteiger partial charge on any atom is -0.460 e. The van der Waals surface area contributed by atoms with Crippen LogP contribution in [0.4, 0.5) is 0 Å². The molecule has 324 valence electrons. The third-order valence-electron chi connectivity index (χ3n) is 12.5. The van der Waals surface area contributed by atoms with Gasteiger partial charge in [-0.05, 0) is 93.0 Å². The van der Waals surface area contributed by atoms with Crippen LogP contribution in [-0.4, -0.2) is 34.7 Å². The number of aliphatic hydroxyl groups excluding tert-OH is 1. The van der Waals surface area contributed by atoms with Gasteiger partial charge in [-0.15, -0.1) is 10.2 Å². The van der Waals surface area contributed by atoms with Crippen LogP contribution in [-0.2, 0) is 21.7 Å². The summed E-state index contributed by atoms with van der Waals surface area (Å²) in [6.45, 7) is 0.484. The molecule has 10 rings (SSSR count). The Morgan fingerprint density at radius 1 is 0.554 bits per heavy atom. The van der Waals surface area contributed by atoms with Gasteiger partial charge in [-0.3, -0.25) is 9.69 Å². The van der Waals surface area contributed by atoms with Crippen molar-refractivity contribution in [3.8, 4) is 22.3 Å². The molecule has 0 unspecified atom stereocenters. The van der Waals surface area contributed by atoms with Crippen molar-refractivity contribution in [2.45, 2.75) is 30.7 Å². The minimum absolute atomic E-state index is 0.141. The quantitative estimate of drug-likeness (QED) is 0.154. The molecule has 1 saturated heterocycles. The van der Waals surface area contributed by atoms with Crippen LogP contribution in [0.3, 0.4) is 0 Å². The van der Waals surface area contributed by atoms with Crippen molar-refractivity contribution in [3.05, 3.63) is 241 Å². The second-order valence-electron chi connectivity index (χ2n) is 16.1. The van der Waals surface area contributed by atoms with E-state index < -0.39 is 35.2 Å². The molecule has 0 bridgehead atoms. The summed E-state index contributed by atoms with van der Waals surface area (Å²) in [5, 5.41) is 16.5. The van der Waals surface area contributed by atoms with Crippen LogP contribution >= 0.6 is 7.26 Å². The number of hydrogen-bond donors (Lipinski definition) is 1. The number of esters is 1. The summed E-state index contributed by atoms with van der Waals surface area (Å²) in [7, 11) is -7.13. The molecule has 1 N–H and O–H groups in total. The van der Waals surface area contributed by atoms with Crippen molar-refractivity contribution in [2.24, 2.45) is 0 Å². The highest BCUT2D eigenvalue weighted by molar-refractivity contribution is 8.01. The van der Waals surface area contributed by atoms with Crippen LogP contribution < -0.4 is 39.9 Å². The predicted molar refractivity (Wildman–Crippen MR) is 246 cm³/mol. The molecule has 65 heavy (non-hydrogen) atoms. The van der Waals surface area contributed by atoms with Crippen LogP contribution in [0.2, 0.25) is 0 Å². The van der Waals surface area contributed by atoms with E-state index in [2.05, 4.69) is 193 Å². The Hall–Kier alpha value is -6.29. The molecule has 0 aromatic heterocycles. The number of β-amino-alcohol motifs (C(OH)–C–C–N with tert-alkyl or cyclic N) is 1. The number of likely N-dealkylation sites (tertiary alicyclic amines) is 1. The molecule has 8 aromatic carbocycles. The maximum Gasteiger partial charge on any atom is 0.323 e. The van der Waals surface area contributed by atoms with E-state index in [1.807, 2.05) is 30.3 Å². The first-order valence-corrected chi connectivity index (χ1v) is 24.3. The number of nitrogens with zero attached hydrogens (tertiary/aromatic N) is 1. The molecule has 2 atom stereocenters. The Morgan fingerprint density at radius 3 is 1.40 bits per heavy atom. The number of carbonyl (C=O) groups is 1. The summed E-state index contributed by atoms with van der Waals surface area (Å²) in [6, 6.07) is 76.8. The average Bonchev–Trinajstić information content (AvgIpc) is 3.88. The fourth-order valence-corrected chi connectivity index (χ4v) is 14.1. The molecular weight excluding hydrogens is 853 g/mol. The van der Waals surface area contributed by atoms with Crippen LogP contribution in [0.15, 0.2) is 218 Å². The molecular formula is C55H45ClNO7P. The van der Waals surface area contributed by atoms with E-state index in [0.717, 1.165) is 44.5 Å². The van der Waals surface area contributed by atoms with Crippen molar-refractivity contribution >= 4 is 34.4 Å². The smallest absolute Gasteiger partial charge is 0.323 e. The summed E-state index contributed by atoms with van der Waals surface area (Å²) < 4.78 is 40.1. The van der Waals surface area contributed by atoms with Crippen LogP contribution in [0.1, 0.15) is 28.7 Å². The highest BCUT2D eigenvalue weighted by atomic mass is 35.7. The Bertz CT molecular complexity index is 2710. The van der Waals surface area contributed by atoms with E-state index in [-0.39, 0.29) is 12.6 Å². The largest absolute Gasteiger partial charge is 0.460 e. The number of halogens is 1. The average molecular weight is 898 g/mol. The highest BCUT2D eigenvalue weighted by Gasteiger charge is 2.55. The fourth-order valence-electron chi connectivity index (χ4n) is 9.86. The van der Waals surface area contributed by atoms with Crippen molar-refractivity contribution in [1.29, 1.82) is 0 Å². The van der Waals surface area contributed by atoms with Crippen molar-refractivity contribution in [1.82, 2.24) is 4.90 Å². The second kappa shape index (κ2) is 18.7. The monoisotopic (exact) mass is 897 g/mol. The van der Waals surface area contributed by atoms with Crippen LogP contribution in [0.5, 0.6) is 0 Å². The Kier molecular flexibility index (Phi) is 12.6. The first-order chi connectivity index (χ1) is 31.6. The summed E-state index contributed by atoms with van der Waals surface area (Å²) >= 11 is 0. The number of benzene rings is 8. The lowest BCUT2D eigenvalue weighted by molar-refractivity contribution is -2.00. The zero-order valence-electron chi connectivity index (χ0n) is 35.2. The number of aliphatic hydroxyl groups is 1. The Balaban J connectivity index is 0.00000101. The molecule has 0 spiro atoms. The Labute approximate surface area is 381 Å². The zero-order valence-corrected chi connectivity index (χ0v) is 36.9. The minimum atomic E-state index is -4.94. The van der Waals surface area contributed by atoms with Gasteiger partial charge in [0.2, 0.25) is 0 Å². The van der Waals surface area contributed by atoms with Gasteiger partial charge < -0.3 is 9.84 Å². The first kappa shape index (κ1) is 43.9. The maximum absolute atomic E-state index is 14.3. The number of rotatable bonds is 10. The summed E-state index contributed by atoms with van der Waals surface area (Å²) in [5.74, 6) is -0.328. The standard InChI is InChI=1S/C55H45NO3P.ClHO4/c57-44-37-53(56(38-44)55(43-17-5-1-6-18-43)51-27-15-13-25-49(51)50-26-14-16-28-52(50)55)54(58)59-39-40-29-31-41(32-30-40)42-33-35-48(36-34-42)60(45-19-7-2-8-20-45,46-21-9-3-10-22-46)47-23-11-4-12-24-47;2-1(3,4)5/h1-36,44,53,57H,37-39H2;(H,2,3,4,5)/q+1;/p-1/t44-,53+;/m1./s1. The van der Waals surface area contributed by atoms with E-state index in [9.17, 15) is 9.90 Å². The molecule has 8 aromatic rings. The predicted octanol–water partition coefficient (Wildman–Crippen LogP) is 4.67. The first-order valence-electron chi connectivity index (χ1n) is 21.3. The van der Waals surface area contributed by atoms with Crippen LogP contribution in [0, 0.1) is 10.2 Å². The SMILES string of the molecule is O=C(OCc1ccc(-c2ccc([P+](c3ccccc3)(c3ccccc3)c3ccccc3)cc2)cc1)[C@@H]1C[C@@H](O)CN1C1(c2ccccc2)c2ccccc2-c2ccccc21.[O-][Cl+3]([O-])([O-])[O-]. The van der Waals surface area contributed by atoms with Gasteiger partial charge >= 0.3 is 5.97 Å². The number of ether oxygens (including phenoxy) is 1. The van der Waals surface area contributed by atoms with E-state index in [1.54, 1.807) is 0 Å². The number of fused-ring (bicyclic) bond motifs is 3. The van der Waals surface area contributed by atoms with Gasteiger partial charge in [0.1, 0.15) is 41.1 Å². The third kappa shape index (κ3) is 8.55. The van der Waals surface area contributed by atoms with Gasteiger partial charge in [0.05, 0.1) is 11.6 Å². The van der Waals surface area contributed by atoms with E-state index in [4.69, 9.17) is 23.4 Å². The lowest BCUT2D eigenvalue weighted by Crippen LogP contribution is -2.68. The highest BCUT2D eigenvalue weighted by Crippen LogP contribution is 2.57. The van der Waals surface area contributed by atoms with Crippen molar-refractivity contribution in [2.75, 3.05) is 6.54 Å². The normalized spacial score (nSPS) is 16.4. The lowest BCUT2D eigenvalue weighted by Gasteiger charge is -2.43. The van der Waals surface area contributed by atoms with E-state index in [1.165, 1.54) is 21.2 Å². The van der Waals surface area contributed by atoms with Crippen molar-refractivity contribution < 1.29 is 43.5 Å². The molecule has 8 nitrogen and oxygen atoms in total. The molecule has 0 amide bonds. The second-order valence-corrected chi connectivity index (χ2v) is 20.3. The zero-order chi connectivity index (χ0) is 45.0. The van der Waals surface area contributed by atoms with Gasteiger partial charge in [0.25, 0.3) is 0 Å².